The maximum absolute atomic E-state index is 12.2. The molecular weight excluding hydrogens is 254 g/mol. The second-order valence-corrected chi connectivity index (χ2v) is 5.03. The van der Waals surface area contributed by atoms with Gasteiger partial charge in [-0.2, -0.15) is 5.26 Å². The van der Waals surface area contributed by atoms with E-state index in [1.54, 1.807) is 6.07 Å². The molecule has 5 nitrogen and oxygen atoms in total. The molecule has 0 saturated heterocycles. The fraction of sp³-hybridized carbons (Fsp3) is 0.533. The highest BCUT2D eigenvalue weighted by atomic mass is 16.2. The molecule has 0 aliphatic heterocycles. The van der Waals surface area contributed by atoms with Gasteiger partial charge in [-0.15, -0.1) is 0 Å². The van der Waals surface area contributed by atoms with Crippen molar-refractivity contribution in [3.63, 3.8) is 0 Å². The summed E-state index contributed by atoms with van der Waals surface area (Å²) in [5.41, 5.74) is 0.430. The van der Waals surface area contributed by atoms with Crippen LogP contribution in [0.5, 0.6) is 0 Å². The second-order valence-electron chi connectivity index (χ2n) is 5.03. The van der Waals surface area contributed by atoms with Gasteiger partial charge in [0.2, 0.25) is 5.91 Å². The van der Waals surface area contributed by atoms with Crippen LogP contribution < -0.4 is 10.9 Å². The number of carbonyl (C=O) groups is 1. The van der Waals surface area contributed by atoms with Crippen molar-refractivity contribution < 1.29 is 4.79 Å². The Morgan fingerprint density at radius 1 is 1.45 bits per heavy atom. The third-order valence-corrected chi connectivity index (χ3v) is 3.07. The van der Waals surface area contributed by atoms with Crippen molar-refractivity contribution >= 4 is 5.91 Å². The van der Waals surface area contributed by atoms with E-state index in [0.29, 0.717) is 6.54 Å². The highest BCUT2D eigenvalue weighted by Crippen LogP contribution is 2.12. The number of aromatic nitrogens is 1. The van der Waals surface area contributed by atoms with Gasteiger partial charge >= 0.3 is 0 Å². The molecule has 0 aliphatic rings. The van der Waals surface area contributed by atoms with Crippen LogP contribution in [0.25, 0.3) is 0 Å². The van der Waals surface area contributed by atoms with Crippen LogP contribution in [0.4, 0.5) is 0 Å². The fourth-order valence-corrected chi connectivity index (χ4v) is 1.95. The van der Waals surface area contributed by atoms with Crippen LogP contribution in [-0.2, 0) is 11.3 Å². The van der Waals surface area contributed by atoms with Gasteiger partial charge in [-0.25, -0.2) is 0 Å². The van der Waals surface area contributed by atoms with Gasteiger partial charge in [-0.05, 0) is 24.5 Å². The van der Waals surface area contributed by atoms with Gasteiger partial charge in [0.15, 0.2) is 0 Å². The zero-order valence-corrected chi connectivity index (χ0v) is 12.3. The largest absolute Gasteiger partial charge is 0.355 e. The van der Waals surface area contributed by atoms with E-state index in [9.17, 15) is 9.59 Å². The number of nitrogens with zero attached hydrogens (tertiary/aromatic N) is 2. The molecule has 0 radical (unpaired) electrons. The summed E-state index contributed by atoms with van der Waals surface area (Å²) in [6, 6.07) is 5.12. The average molecular weight is 275 g/mol. The molecule has 1 aromatic heterocycles. The number of hydrogen-bond donors (Lipinski definition) is 1. The molecule has 0 fully saturated rings. The van der Waals surface area contributed by atoms with Gasteiger partial charge in [0.25, 0.3) is 5.56 Å². The maximum atomic E-state index is 12.2. The second kappa shape index (κ2) is 7.49. The summed E-state index contributed by atoms with van der Waals surface area (Å²) >= 11 is 0. The first-order chi connectivity index (χ1) is 9.51. The number of pyridine rings is 1. The standard InChI is InChI=1S/C15H21N3O2/c1-4-5-8-17-14(19)10-18-13(11(2)3)7-6-12(9-16)15(18)20/h6-7,11H,4-5,8,10H2,1-3H3,(H,17,19). The Kier molecular flexibility index (Phi) is 5.98. The number of unbranched alkanes of at least 4 members (excludes halogenated alkanes) is 1. The monoisotopic (exact) mass is 275 g/mol. The lowest BCUT2D eigenvalue weighted by atomic mass is 10.1. The SMILES string of the molecule is CCCCNC(=O)Cn1c(C(C)C)ccc(C#N)c1=O. The van der Waals surface area contributed by atoms with E-state index in [4.69, 9.17) is 5.26 Å². The topological polar surface area (TPSA) is 74.9 Å². The number of hydrogen-bond acceptors (Lipinski definition) is 3. The molecule has 1 N–H and O–H groups in total. The third-order valence-electron chi connectivity index (χ3n) is 3.07. The first kappa shape index (κ1) is 16.0. The van der Waals surface area contributed by atoms with E-state index in [-0.39, 0.29) is 23.9 Å². The molecule has 0 spiro atoms. The molecule has 0 bridgehead atoms. The van der Waals surface area contributed by atoms with Gasteiger partial charge in [0.05, 0.1) is 0 Å². The molecule has 0 atom stereocenters. The van der Waals surface area contributed by atoms with E-state index in [1.807, 2.05) is 26.8 Å². The number of nitrogens with one attached hydrogen (secondary N) is 1. The Bertz CT molecular complexity index is 567. The summed E-state index contributed by atoms with van der Waals surface area (Å²) in [5, 5.41) is 11.7. The van der Waals surface area contributed by atoms with E-state index in [2.05, 4.69) is 5.32 Å². The predicted octanol–water partition coefficient (Wildman–Crippen LogP) is 1.76. The summed E-state index contributed by atoms with van der Waals surface area (Å²) < 4.78 is 1.39. The minimum absolute atomic E-state index is 0.0361. The van der Waals surface area contributed by atoms with E-state index in [1.165, 1.54) is 10.6 Å². The number of nitriles is 1. The summed E-state index contributed by atoms with van der Waals surface area (Å²) in [4.78, 5) is 24.0. The van der Waals surface area contributed by atoms with Crippen molar-refractivity contribution in [2.45, 2.75) is 46.1 Å². The lowest BCUT2D eigenvalue weighted by molar-refractivity contribution is -0.121. The Morgan fingerprint density at radius 3 is 2.70 bits per heavy atom. The summed E-state index contributed by atoms with van der Waals surface area (Å²) in [7, 11) is 0. The molecule has 0 unspecified atom stereocenters. The normalized spacial score (nSPS) is 10.3. The number of amides is 1. The van der Waals surface area contributed by atoms with Crippen LogP contribution in [0.3, 0.4) is 0 Å². The molecule has 0 aliphatic carbocycles. The first-order valence-electron chi connectivity index (χ1n) is 6.91. The van der Waals surface area contributed by atoms with Crippen molar-refractivity contribution in [2.75, 3.05) is 6.54 Å². The van der Waals surface area contributed by atoms with Crippen LogP contribution in [0, 0.1) is 11.3 Å². The Labute approximate surface area is 119 Å². The Morgan fingerprint density at radius 2 is 2.15 bits per heavy atom. The van der Waals surface area contributed by atoms with Crippen LogP contribution in [-0.4, -0.2) is 17.0 Å². The van der Waals surface area contributed by atoms with Crippen molar-refractivity contribution in [2.24, 2.45) is 0 Å². The van der Waals surface area contributed by atoms with Gasteiger partial charge < -0.3 is 9.88 Å². The molecule has 5 heteroatoms. The van der Waals surface area contributed by atoms with Crippen molar-refractivity contribution in [1.82, 2.24) is 9.88 Å². The molecule has 1 heterocycles. The zero-order chi connectivity index (χ0) is 15.1. The van der Waals surface area contributed by atoms with E-state index in [0.717, 1.165) is 18.5 Å². The number of rotatable bonds is 6. The molecule has 1 aromatic rings. The molecule has 0 aromatic carbocycles. The lowest BCUT2D eigenvalue weighted by Crippen LogP contribution is -2.35. The minimum Gasteiger partial charge on any atom is -0.355 e. The maximum Gasteiger partial charge on any atom is 0.269 e. The van der Waals surface area contributed by atoms with E-state index >= 15 is 0 Å². The first-order valence-corrected chi connectivity index (χ1v) is 6.91. The molecule has 20 heavy (non-hydrogen) atoms. The Balaban J connectivity index is 3.00. The fourth-order valence-electron chi connectivity index (χ4n) is 1.95. The predicted molar refractivity (Wildman–Crippen MR) is 77.4 cm³/mol. The van der Waals surface area contributed by atoms with Gasteiger partial charge in [0, 0.05) is 12.2 Å². The van der Waals surface area contributed by atoms with Crippen molar-refractivity contribution in [3.8, 4) is 6.07 Å². The highest BCUT2D eigenvalue weighted by molar-refractivity contribution is 5.75. The minimum atomic E-state index is -0.399. The molecule has 108 valence electrons. The Hall–Kier alpha value is -2.09. The summed E-state index contributed by atoms with van der Waals surface area (Å²) in [5.74, 6) is -0.0866. The van der Waals surface area contributed by atoms with Gasteiger partial charge in [-0.3, -0.25) is 9.59 Å². The molecule has 0 saturated carbocycles. The van der Waals surface area contributed by atoms with Crippen LogP contribution in [0.15, 0.2) is 16.9 Å². The van der Waals surface area contributed by atoms with Gasteiger partial charge in [-0.1, -0.05) is 27.2 Å². The van der Waals surface area contributed by atoms with Gasteiger partial charge in [0.1, 0.15) is 18.2 Å². The quantitative estimate of drug-likeness (QED) is 0.804. The third kappa shape index (κ3) is 3.95. The lowest BCUT2D eigenvalue weighted by Gasteiger charge is -2.15. The van der Waals surface area contributed by atoms with Crippen LogP contribution in [0.1, 0.15) is 50.8 Å². The van der Waals surface area contributed by atoms with Crippen molar-refractivity contribution in [3.05, 3.63) is 33.7 Å². The molecule has 1 amide bonds. The van der Waals surface area contributed by atoms with Crippen LogP contribution >= 0.6 is 0 Å². The summed E-state index contributed by atoms with van der Waals surface area (Å²) in [6.45, 7) is 6.52. The zero-order valence-electron chi connectivity index (χ0n) is 12.3. The number of carbonyl (C=O) groups excluding carboxylic acids is 1. The molecular formula is C15H21N3O2. The smallest absolute Gasteiger partial charge is 0.269 e. The van der Waals surface area contributed by atoms with Crippen LogP contribution in [0.2, 0.25) is 0 Å². The van der Waals surface area contributed by atoms with Crippen molar-refractivity contribution in [1.29, 1.82) is 5.26 Å². The molecule has 1 rings (SSSR count). The summed E-state index contributed by atoms with van der Waals surface area (Å²) in [6.07, 6.45) is 1.91. The highest BCUT2D eigenvalue weighted by Gasteiger charge is 2.13. The van der Waals surface area contributed by atoms with E-state index < -0.39 is 5.56 Å². The average Bonchev–Trinajstić information content (AvgIpc) is 2.41.